The van der Waals surface area contributed by atoms with Crippen LogP contribution in [0, 0.1) is 0 Å². The molecule has 1 aliphatic rings. The molecule has 0 aromatic heterocycles. The Labute approximate surface area is 122 Å². The minimum absolute atomic E-state index is 0.0978. The Kier molecular flexibility index (Phi) is 4.97. The van der Waals surface area contributed by atoms with Gasteiger partial charge in [-0.1, -0.05) is 46.3 Å². The predicted octanol–water partition coefficient (Wildman–Crippen LogP) is 4.07. The highest BCUT2D eigenvalue weighted by Gasteiger charge is 2.31. The fourth-order valence-electron chi connectivity index (χ4n) is 1.95. The number of hydrogen-bond acceptors (Lipinski definition) is 1. The Hall–Kier alpha value is -1.35. The highest BCUT2D eigenvalue weighted by molar-refractivity contribution is 9.10. The number of benzene rings is 1. The van der Waals surface area contributed by atoms with E-state index < -0.39 is 0 Å². The van der Waals surface area contributed by atoms with E-state index in [0.717, 1.165) is 22.9 Å². The Morgan fingerprint density at radius 2 is 2.21 bits per heavy atom. The molecule has 0 atom stereocenters. The van der Waals surface area contributed by atoms with Gasteiger partial charge in [0.2, 0.25) is 5.91 Å². The molecule has 0 aliphatic heterocycles. The normalized spacial score (nSPS) is 15.3. The summed E-state index contributed by atoms with van der Waals surface area (Å²) in [4.78, 5) is 14.1. The lowest BCUT2D eigenvalue weighted by Gasteiger charge is -2.21. The van der Waals surface area contributed by atoms with Crippen molar-refractivity contribution >= 4 is 21.8 Å². The number of amides is 1. The summed E-state index contributed by atoms with van der Waals surface area (Å²) in [6.07, 6.45) is 9.49. The molecular formula is C16H18BrNO. The van der Waals surface area contributed by atoms with Crippen LogP contribution in [0.2, 0.25) is 0 Å². The van der Waals surface area contributed by atoms with Crippen molar-refractivity contribution in [2.45, 2.75) is 32.4 Å². The van der Waals surface area contributed by atoms with Gasteiger partial charge in [0, 0.05) is 23.1 Å². The fraction of sp³-hybridized carbons (Fsp3) is 0.312. The topological polar surface area (TPSA) is 20.3 Å². The zero-order valence-electron chi connectivity index (χ0n) is 11.1. The van der Waals surface area contributed by atoms with Crippen molar-refractivity contribution in [2.24, 2.45) is 0 Å². The van der Waals surface area contributed by atoms with Crippen LogP contribution in [0.1, 0.15) is 25.3 Å². The van der Waals surface area contributed by atoms with E-state index in [0.29, 0.717) is 12.6 Å². The lowest BCUT2D eigenvalue weighted by Crippen LogP contribution is -2.31. The number of hydrogen-bond donors (Lipinski definition) is 0. The van der Waals surface area contributed by atoms with Crippen LogP contribution >= 0.6 is 15.9 Å². The number of carbonyl (C=O) groups excluding carboxylic acids is 1. The second-order valence-corrected chi connectivity index (χ2v) is 5.63. The first-order valence-electron chi connectivity index (χ1n) is 6.55. The third kappa shape index (κ3) is 4.35. The molecule has 0 spiro atoms. The number of carbonyl (C=O) groups is 1. The molecule has 1 aromatic carbocycles. The van der Waals surface area contributed by atoms with E-state index in [2.05, 4.69) is 28.1 Å². The molecule has 0 N–H and O–H groups in total. The average Bonchev–Trinajstić information content (AvgIpc) is 3.20. The van der Waals surface area contributed by atoms with Crippen LogP contribution < -0.4 is 0 Å². The van der Waals surface area contributed by atoms with Crippen molar-refractivity contribution in [2.75, 3.05) is 0 Å². The van der Waals surface area contributed by atoms with Crippen LogP contribution in [0.4, 0.5) is 0 Å². The number of halogens is 1. The number of nitrogens with zero attached hydrogens (tertiary/aromatic N) is 1. The number of rotatable bonds is 5. The van der Waals surface area contributed by atoms with E-state index in [4.69, 9.17) is 0 Å². The van der Waals surface area contributed by atoms with Gasteiger partial charge in [0.05, 0.1) is 0 Å². The van der Waals surface area contributed by atoms with Crippen LogP contribution in [-0.2, 0) is 11.3 Å². The molecule has 2 rings (SSSR count). The van der Waals surface area contributed by atoms with Crippen molar-refractivity contribution < 1.29 is 4.79 Å². The zero-order valence-corrected chi connectivity index (χ0v) is 12.6. The summed E-state index contributed by atoms with van der Waals surface area (Å²) in [6.45, 7) is 2.62. The molecule has 1 saturated carbocycles. The van der Waals surface area contributed by atoms with Gasteiger partial charge in [-0.15, -0.1) is 0 Å². The van der Waals surface area contributed by atoms with Crippen molar-refractivity contribution in [3.05, 3.63) is 58.6 Å². The number of allylic oxidation sites excluding steroid dienone is 3. The minimum Gasteiger partial charge on any atom is -0.332 e. The summed E-state index contributed by atoms with van der Waals surface area (Å²) in [5.41, 5.74) is 1.16. The Bertz CT molecular complexity index is 503. The molecule has 3 heteroatoms. The van der Waals surface area contributed by atoms with Crippen molar-refractivity contribution in [1.29, 1.82) is 0 Å². The van der Waals surface area contributed by atoms with Crippen LogP contribution in [0.15, 0.2) is 53.0 Å². The second kappa shape index (κ2) is 6.71. The van der Waals surface area contributed by atoms with Gasteiger partial charge in [-0.2, -0.15) is 0 Å². The van der Waals surface area contributed by atoms with Gasteiger partial charge in [0.15, 0.2) is 0 Å². The van der Waals surface area contributed by atoms with Gasteiger partial charge < -0.3 is 4.90 Å². The molecule has 2 nitrogen and oxygen atoms in total. The summed E-state index contributed by atoms with van der Waals surface area (Å²) in [5.74, 6) is 0.0978. The van der Waals surface area contributed by atoms with Crippen molar-refractivity contribution in [3.8, 4) is 0 Å². The minimum atomic E-state index is 0.0978. The lowest BCUT2D eigenvalue weighted by atomic mass is 10.2. The highest BCUT2D eigenvalue weighted by atomic mass is 79.9. The van der Waals surface area contributed by atoms with Gasteiger partial charge in [0.1, 0.15) is 0 Å². The molecule has 1 fully saturated rings. The quantitative estimate of drug-likeness (QED) is 0.591. The summed E-state index contributed by atoms with van der Waals surface area (Å²) in [5, 5.41) is 0. The van der Waals surface area contributed by atoms with Crippen LogP contribution in [-0.4, -0.2) is 16.8 Å². The largest absolute Gasteiger partial charge is 0.332 e. The van der Waals surface area contributed by atoms with Gasteiger partial charge in [-0.25, -0.2) is 0 Å². The van der Waals surface area contributed by atoms with Gasteiger partial charge in [-0.3, -0.25) is 4.79 Å². The maximum Gasteiger partial charge on any atom is 0.247 e. The van der Waals surface area contributed by atoms with E-state index in [1.807, 2.05) is 36.1 Å². The smallest absolute Gasteiger partial charge is 0.247 e. The highest BCUT2D eigenvalue weighted by Crippen LogP contribution is 2.29. The van der Waals surface area contributed by atoms with Crippen molar-refractivity contribution in [1.82, 2.24) is 4.90 Å². The molecule has 0 unspecified atom stereocenters. The van der Waals surface area contributed by atoms with Gasteiger partial charge in [-0.05, 0) is 37.5 Å². The molecule has 0 bridgehead atoms. The summed E-state index contributed by atoms with van der Waals surface area (Å²) < 4.78 is 1.05. The SMILES string of the molecule is C/C=C/C=C/C(=O)N(Cc1cccc(Br)c1)C1CC1. The maximum absolute atomic E-state index is 12.2. The van der Waals surface area contributed by atoms with E-state index >= 15 is 0 Å². The standard InChI is InChI=1S/C16H18BrNO/c1-2-3-4-8-16(19)18(15-9-10-15)12-13-6-5-7-14(17)11-13/h2-8,11,15H,9-10,12H2,1H3/b3-2+,8-4+. The third-order valence-electron chi connectivity index (χ3n) is 3.06. The Balaban J connectivity index is 2.06. The van der Waals surface area contributed by atoms with Crippen LogP contribution in [0.25, 0.3) is 0 Å². The first-order valence-corrected chi connectivity index (χ1v) is 7.34. The Morgan fingerprint density at radius 1 is 1.42 bits per heavy atom. The maximum atomic E-state index is 12.2. The molecule has 100 valence electrons. The third-order valence-corrected chi connectivity index (χ3v) is 3.55. The van der Waals surface area contributed by atoms with E-state index in [9.17, 15) is 4.79 Å². The first kappa shape index (κ1) is 14.1. The first-order chi connectivity index (χ1) is 9.20. The second-order valence-electron chi connectivity index (χ2n) is 4.71. The molecule has 1 aliphatic carbocycles. The van der Waals surface area contributed by atoms with Gasteiger partial charge >= 0.3 is 0 Å². The van der Waals surface area contributed by atoms with E-state index in [1.165, 1.54) is 0 Å². The summed E-state index contributed by atoms with van der Waals surface area (Å²) in [7, 11) is 0. The molecule has 1 amide bonds. The van der Waals surface area contributed by atoms with Crippen LogP contribution in [0.5, 0.6) is 0 Å². The Morgan fingerprint density at radius 3 is 2.84 bits per heavy atom. The van der Waals surface area contributed by atoms with Gasteiger partial charge in [0.25, 0.3) is 0 Å². The predicted molar refractivity (Wildman–Crippen MR) is 81.7 cm³/mol. The molecule has 1 aromatic rings. The molecule has 0 heterocycles. The average molecular weight is 320 g/mol. The molecular weight excluding hydrogens is 302 g/mol. The fourth-order valence-corrected chi connectivity index (χ4v) is 2.40. The molecule has 0 radical (unpaired) electrons. The van der Waals surface area contributed by atoms with E-state index in [-0.39, 0.29) is 5.91 Å². The monoisotopic (exact) mass is 319 g/mol. The van der Waals surface area contributed by atoms with Crippen LogP contribution in [0.3, 0.4) is 0 Å². The zero-order chi connectivity index (χ0) is 13.7. The molecule has 0 saturated heterocycles. The summed E-state index contributed by atoms with van der Waals surface area (Å²) in [6, 6.07) is 8.55. The summed E-state index contributed by atoms with van der Waals surface area (Å²) >= 11 is 3.47. The lowest BCUT2D eigenvalue weighted by molar-refractivity contribution is -0.127. The molecule has 19 heavy (non-hydrogen) atoms. The van der Waals surface area contributed by atoms with E-state index in [1.54, 1.807) is 12.2 Å². The van der Waals surface area contributed by atoms with Crippen molar-refractivity contribution in [3.63, 3.8) is 0 Å².